The number of aliphatic hydroxyl groups excluding tert-OH is 1. The molecule has 0 bridgehead atoms. The van der Waals surface area contributed by atoms with E-state index in [0.717, 1.165) is 22.4 Å². The van der Waals surface area contributed by atoms with Gasteiger partial charge < -0.3 is 15.4 Å². The Hall–Kier alpha value is -2.40. The van der Waals surface area contributed by atoms with Gasteiger partial charge in [-0.05, 0) is 36.2 Å². The number of para-hydroxylation sites is 1. The third-order valence-electron chi connectivity index (χ3n) is 3.70. The molecule has 3 aromatic rings. The topological polar surface area (TPSA) is 64.1 Å². The van der Waals surface area contributed by atoms with Crippen molar-refractivity contribution in [2.45, 2.75) is 19.4 Å². The standard InChI is InChI=1S/C17H18FN3O/c18-13-7-5-12(6-8-13)11-16-20-17-14(19)3-1-4-15(17)21(16)9-2-10-22/h1,3-8,22H,2,9-11,19H2. The van der Waals surface area contributed by atoms with Gasteiger partial charge in [0.1, 0.15) is 17.2 Å². The quantitative estimate of drug-likeness (QED) is 0.712. The highest BCUT2D eigenvalue weighted by atomic mass is 19.1. The summed E-state index contributed by atoms with van der Waals surface area (Å²) in [6.07, 6.45) is 1.25. The van der Waals surface area contributed by atoms with Crippen LogP contribution in [0.1, 0.15) is 17.8 Å². The van der Waals surface area contributed by atoms with Crippen LogP contribution in [0.3, 0.4) is 0 Å². The van der Waals surface area contributed by atoms with Gasteiger partial charge in [-0.2, -0.15) is 0 Å². The lowest BCUT2D eigenvalue weighted by Crippen LogP contribution is -2.06. The molecule has 0 atom stereocenters. The predicted molar refractivity (Wildman–Crippen MR) is 85.1 cm³/mol. The second kappa shape index (κ2) is 6.15. The normalized spacial score (nSPS) is 11.2. The van der Waals surface area contributed by atoms with E-state index < -0.39 is 0 Å². The summed E-state index contributed by atoms with van der Waals surface area (Å²) in [6, 6.07) is 12.1. The number of hydrogen-bond donors (Lipinski definition) is 2. The summed E-state index contributed by atoms with van der Waals surface area (Å²) in [5, 5.41) is 9.10. The van der Waals surface area contributed by atoms with Crippen molar-refractivity contribution >= 4 is 16.7 Å². The van der Waals surface area contributed by atoms with Crippen molar-refractivity contribution in [3.8, 4) is 0 Å². The molecule has 0 amide bonds. The molecule has 1 aromatic heterocycles. The van der Waals surface area contributed by atoms with Crippen LogP contribution in [-0.4, -0.2) is 21.3 Å². The number of aromatic nitrogens is 2. The summed E-state index contributed by atoms with van der Waals surface area (Å²) in [5.74, 6) is 0.620. The highest BCUT2D eigenvalue weighted by molar-refractivity contribution is 5.87. The fourth-order valence-electron chi connectivity index (χ4n) is 2.61. The van der Waals surface area contributed by atoms with E-state index in [-0.39, 0.29) is 12.4 Å². The maximum atomic E-state index is 13.0. The lowest BCUT2D eigenvalue weighted by Gasteiger charge is -2.08. The van der Waals surface area contributed by atoms with Crippen molar-refractivity contribution in [1.82, 2.24) is 9.55 Å². The van der Waals surface area contributed by atoms with E-state index in [9.17, 15) is 4.39 Å². The van der Waals surface area contributed by atoms with Gasteiger partial charge in [0.25, 0.3) is 0 Å². The van der Waals surface area contributed by atoms with Crippen molar-refractivity contribution in [1.29, 1.82) is 0 Å². The zero-order valence-electron chi connectivity index (χ0n) is 12.2. The van der Waals surface area contributed by atoms with Gasteiger partial charge in [-0.3, -0.25) is 0 Å². The van der Waals surface area contributed by atoms with Crippen LogP contribution in [0.2, 0.25) is 0 Å². The molecule has 0 aliphatic carbocycles. The summed E-state index contributed by atoms with van der Waals surface area (Å²) in [5.41, 5.74) is 9.37. The number of hydrogen-bond acceptors (Lipinski definition) is 3. The van der Waals surface area contributed by atoms with Crippen LogP contribution in [0, 0.1) is 5.82 Å². The van der Waals surface area contributed by atoms with E-state index in [4.69, 9.17) is 10.8 Å². The van der Waals surface area contributed by atoms with Crippen LogP contribution in [0.5, 0.6) is 0 Å². The largest absolute Gasteiger partial charge is 0.397 e. The van der Waals surface area contributed by atoms with E-state index in [0.29, 0.717) is 25.1 Å². The number of anilines is 1. The third-order valence-corrected chi connectivity index (χ3v) is 3.70. The summed E-state index contributed by atoms with van der Waals surface area (Å²) in [4.78, 5) is 4.65. The van der Waals surface area contributed by atoms with Crippen molar-refractivity contribution < 1.29 is 9.50 Å². The van der Waals surface area contributed by atoms with E-state index in [1.54, 1.807) is 12.1 Å². The van der Waals surface area contributed by atoms with E-state index in [1.807, 2.05) is 18.2 Å². The van der Waals surface area contributed by atoms with Gasteiger partial charge >= 0.3 is 0 Å². The Morgan fingerprint density at radius 1 is 1.14 bits per heavy atom. The number of rotatable bonds is 5. The molecule has 2 aromatic carbocycles. The molecule has 0 unspecified atom stereocenters. The molecule has 0 saturated heterocycles. The SMILES string of the molecule is Nc1cccc2c1nc(Cc1ccc(F)cc1)n2CCCO. The number of aryl methyl sites for hydroxylation is 1. The number of nitrogens with zero attached hydrogens (tertiary/aromatic N) is 2. The number of halogens is 1. The van der Waals surface area contributed by atoms with E-state index >= 15 is 0 Å². The van der Waals surface area contributed by atoms with Gasteiger partial charge in [-0.1, -0.05) is 18.2 Å². The van der Waals surface area contributed by atoms with Gasteiger partial charge in [0.15, 0.2) is 0 Å². The van der Waals surface area contributed by atoms with Crippen LogP contribution in [0.4, 0.5) is 10.1 Å². The molecular formula is C17H18FN3O. The zero-order chi connectivity index (χ0) is 15.5. The molecule has 1 heterocycles. The summed E-state index contributed by atoms with van der Waals surface area (Å²) in [6.45, 7) is 0.797. The third kappa shape index (κ3) is 2.80. The van der Waals surface area contributed by atoms with Crippen molar-refractivity contribution in [3.63, 3.8) is 0 Å². The Kier molecular flexibility index (Phi) is 4.06. The Morgan fingerprint density at radius 2 is 1.91 bits per heavy atom. The first-order valence-corrected chi connectivity index (χ1v) is 7.28. The molecule has 3 N–H and O–H groups in total. The zero-order valence-corrected chi connectivity index (χ0v) is 12.2. The second-order valence-corrected chi connectivity index (χ2v) is 5.28. The van der Waals surface area contributed by atoms with Gasteiger partial charge in [0.2, 0.25) is 0 Å². The van der Waals surface area contributed by atoms with Crippen molar-refractivity contribution in [2.75, 3.05) is 12.3 Å². The Bertz CT molecular complexity index is 780. The average Bonchev–Trinajstić information content (AvgIpc) is 2.86. The van der Waals surface area contributed by atoms with Crippen LogP contribution in [-0.2, 0) is 13.0 Å². The minimum absolute atomic E-state index is 0.123. The van der Waals surface area contributed by atoms with E-state index in [2.05, 4.69) is 9.55 Å². The first-order valence-electron chi connectivity index (χ1n) is 7.28. The highest BCUT2D eigenvalue weighted by Gasteiger charge is 2.12. The first-order chi connectivity index (χ1) is 10.7. The molecular weight excluding hydrogens is 281 g/mol. The number of nitrogens with two attached hydrogens (primary N) is 1. The molecule has 0 radical (unpaired) electrons. The molecule has 22 heavy (non-hydrogen) atoms. The molecule has 0 aliphatic heterocycles. The van der Waals surface area contributed by atoms with Crippen LogP contribution < -0.4 is 5.73 Å². The lowest BCUT2D eigenvalue weighted by molar-refractivity contribution is 0.280. The minimum atomic E-state index is -0.248. The van der Waals surface area contributed by atoms with Crippen molar-refractivity contribution in [2.24, 2.45) is 0 Å². The number of imidazole rings is 1. The molecule has 5 heteroatoms. The maximum Gasteiger partial charge on any atom is 0.123 e. The lowest BCUT2D eigenvalue weighted by atomic mass is 10.1. The summed E-state index contributed by atoms with van der Waals surface area (Å²) < 4.78 is 15.1. The first kappa shape index (κ1) is 14.5. The molecule has 0 fully saturated rings. The molecule has 114 valence electrons. The maximum absolute atomic E-state index is 13.0. The number of fused-ring (bicyclic) bond motifs is 1. The molecule has 4 nitrogen and oxygen atoms in total. The number of aliphatic hydroxyl groups is 1. The van der Waals surface area contributed by atoms with Gasteiger partial charge in [0.05, 0.1) is 11.2 Å². The molecule has 3 rings (SSSR count). The minimum Gasteiger partial charge on any atom is -0.397 e. The van der Waals surface area contributed by atoms with Crippen LogP contribution in [0.25, 0.3) is 11.0 Å². The molecule has 0 aliphatic rings. The molecule has 0 saturated carbocycles. The van der Waals surface area contributed by atoms with Gasteiger partial charge in [0, 0.05) is 19.6 Å². The van der Waals surface area contributed by atoms with Crippen LogP contribution in [0.15, 0.2) is 42.5 Å². The predicted octanol–water partition coefficient (Wildman–Crippen LogP) is 2.73. The van der Waals surface area contributed by atoms with E-state index in [1.165, 1.54) is 12.1 Å². The van der Waals surface area contributed by atoms with Gasteiger partial charge in [-0.25, -0.2) is 9.37 Å². The number of benzene rings is 2. The smallest absolute Gasteiger partial charge is 0.123 e. The van der Waals surface area contributed by atoms with Crippen LogP contribution >= 0.6 is 0 Å². The molecule has 0 spiro atoms. The van der Waals surface area contributed by atoms with Gasteiger partial charge in [-0.15, -0.1) is 0 Å². The van der Waals surface area contributed by atoms with Crippen molar-refractivity contribution in [3.05, 3.63) is 59.7 Å². The fourth-order valence-corrected chi connectivity index (χ4v) is 2.61. The average molecular weight is 299 g/mol. The number of nitrogen functional groups attached to an aromatic ring is 1. The summed E-state index contributed by atoms with van der Waals surface area (Å²) >= 11 is 0. The second-order valence-electron chi connectivity index (χ2n) is 5.28. The Balaban J connectivity index is 2.03. The highest BCUT2D eigenvalue weighted by Crippen LogP contribution is 2.23. The Morgan fingerprint density at radius 3 is 2.64 bits per heavy atom. The Labute approximate surface area is 128 Å². The summed E-state index contributed by atoms with van der Waals surface area (Å²) in [7, 11) is 0. The monoisotopic (exact) mass is 299 g/mol. The fraction of sp³-hybridized carbons (Fsp3) is 0.235.